The van der Waals surface area contributed by atoms with Crippen molar-refractivity contribution in [1.82, 2.24) is 9.97 Å². The molecule has 0 aliphatic heterocycles. The maximum Gasteiger partial charge on any atom is 0.130 e. The van der Waals surface area contributed by atoms with Crippen LogP contribution in [0.15, 0.2) is 30.3 Å². The van der Waals surface area contributed by atoms with Gasteiger partial charge in [-0.05, 0) is 30.9 Å². The van der Waals surface area contributed by atoms with Crippen LogP contribution in [0.3, 0.4) is 0 Å². The molecule has 0 spiro atoms. The zero-order chi connectivity index (χ0) is 12.3. The molecule has 2 nitrogen and oxygen atoms in total. The average Bonchev–Trinajstić information content (AvgIpc) is 2.28. The lowest BCUT2D eigenvalue weighted by molar-refractivity contribution is 0.628. The van der Waals surface area contributed by atoms with Gasteiger partial charge in [-0.15, -0.1) is 0 Å². The van der Waals surface area contributed by atoms with Crippen LogP contribution in [-0.2, 0) is 6.42 Å². The molecule has 0 aliphatic carbocycles. The van der Waals surface area contributed by atoms with Crippen LogP contribution in [0.1, 0.15) is 11.5 Å². The minimum Gasteiger partial charge on any atom is -0.238 e. The van der Waals surface area contributed by atoms with Crippen LogP contribution < -0.4 is 0 Å². The Bertz CT molecular complexity index is 529. The molecule has 1 aromatic carbocycles. The minimum absolute atomic E-state index is 0.255. The molecule has 0 aliphatic rings. The normalized spacial score (nSPS) is 10.5. The highest BCUT2D eigenvalue weighted by atomic mass is 32.1. The van der Waals surface area contributed by atoms with Crippen LogP contribution in [0.4, 0.5) is 4.39 Å². The highest BCUT2D eigenvalue weighted by molar-refractivity contribution is 7.80. The minimum atomic E-state index is -0.255. The number of thiol groups is 1. The molecule has 0 unspecified atom stereocenters. The maximum atomic E-state index is 13.1. The number of halogens is 1. The van der Waals surface area contributed by atoms with Crippen molar-refractivity contribution in [3.05, 3.63) is 47.7 Å². The Kier molecular flexibility index (Phi) is 3.74. The Labute approximate surface area is 105 Å². The molecule has 0 amide bonds. The standard InChI is InChI=1S/C13H13FN2S/c1-9-7-12(16-13(15-9)5-6-17)10-3-2-4-11(14)8-10/h2-4,7-8,17H,5-6H2,1H3. The first-order valence-electron chi connectivity index (χ1n) is 5.40. The van der Waals surface area contributed by atoms with Crippen molar-refractivity contribution in [3.8, 4) is 11.3 Å². The molecule has 2 rings (SSSR count). The number of aromatic nitrogens is 2. The molecule has 0 atom stereocenters. The van der Waals surface area contributed by atoms with Gasteiger partial charge in [0.05, 0.1) is 5.69 Å². The van der Waals surface area contributed by atoms with Crippen molar-refractivity contribution in [3.63, 3.8) is 0 Å². The smallest absolute Gasteiger partial charge is 0.130 e. The first kappa shape index (κ1) is 12.0. The zero-order valence-electron chi connectivity index (χ0n) is 9.52. The zero-order valence-corrected chi connectivity index (χ0v) is 10.4. The van der Waals surface area contributed by atoms with Crippen LogP contribution in [0, 0.1) is 12.7 Å². The van der Waals surface area contributed by atoms with Gasteiger partial charge in [-0.2, -0.15) is 12.6 Å². The lowest BCUT2D eigenvalue weighted by atomic mass is 10.1. The molecule has 88 valence electrons. The first-order chi connectivity index (χ1) is 8.19. The number of aryl methyl sites for hydroxylation is 2. The Morgan fingerprint density at radius 1 is 1.24 bits per heavy atom. The van der Waals surface area contributed by atoms with E-state index in [0.717, 1.165) is 22.8 Å². The van der Waals surface area contributed by atoms with Gasteiger partial charge in [0, 0.05) is 17.7 Å². The monoisotopic (exact) mass is 248 g/mol. The fourth-order valence-corrected chi connectivity index (χ4v) is 1.84. The summed E-state index contributed by atoms with van der Waals surface area (Å²) in [5.74, 6) is 1.19. The molecule has 0 N–H and O–H groups in total. The van der Waals surface area contributed by atoms with Gasteiger partial charge < -0.3 is 0 Å². The largest absolute Gasteiger partial charge is 0.238 e. The fraction of sp³-hybridized carbons (Fsp3) is 0.231. The fourth-order valence-electron chi connectivity index (χ4n) is 1.64. The van der Waals surface area contributed by atoms with Gasteiger partial charge in [0.15, 0.2) is 0 Å². The van der Waals surface area contributed by atoms with Crippen molar-refractivity contribution < 1.29 is 4.39 Å². The molecular formula is C13H13FN2S. The van der Waals surface area contributed by atoms with E-state index in [4.69, 9.17) is 0 Å². The predicted molar refractivity (Wildman–Crippen MR) is 69.7 cm³/mol. The number of hydrogen-bond acceptors (Lipinski definition) is 3. The van der Waals surface area contributed by atoms with E-state index < -0.39 is 0 Å². The molecule has 0 fully saturated rings. The van der Waals surface area contributed by atoms with Crippen LogP contribution in [0.5, 0.6) is 0 Å². The van der Waals surface area contributed by atoms with Crippen molar-refractivity contribution >= 4 is 12.6 Å². The van der Waals surface area contributed by atoms with E-state index in [0.29, 0.717) is 12.2 Å². The summed E-state index contributed by atoms with van der Waals surface area (Å²) in [4.78, 5) is 8.73. The molecule has 17 heavy (non-hydrogen) atoms. The van der Waals surface area contributed by atoms with E-state index in [1.54, 1.807) is 6.07 Å². The van der Waals surface area contributed by atoms with Gasteiger partial charge >= 0.3 is 0 Å². The molecule has 1 aromatic heterocycles. The molecule has 0 radical (unpaired) electrons. The van der Waals surface area contributed by atoms with E-state index >= 15 is 0 Å². The van der Waals surface area contributed by atoms with E-state index in [-0.39, 0.29) is 5.82 Å². The Morgan fingerprint density at radius 2 is 2.06 bits per heavy atom. The highest BCUT2D eigenvalue weighted by Crippen LogP contribution is 2.18. The lowest BCUT2D eigenvalue weighted by Crippen LogP contribution is -2.00. The van der Waals surface area contributed by atoms with Crippen LogP contribution in [0.2, 0.25) is 0 Å². The van der Waals surface area contributed by atoms with Crippen molar-refractivity contribution in [1.29, 1.82) is 0 Å². The summed E-state index contributed by atoms with van der Waals surface area (Å²) in [6, 6.07) is 8.28. The Hall–Kier alpha value is -1.42. The molecule has 0 saturated carbocycles. The summed E-state index contributed by atoms with van der Waals surface area (Å²) in [7, 11) is 0. The van der Waals surface area contributed by atoms with Gasteiger partial charge in [0.2, 0.25) is 0 Å². The molecular weight excluding hydrogens is 235 g/mol. The topological polar surface area (TPSA) is 25.8 Å². The molecule has 1 heterocycles. The lowest BCUT2D eigenvalue weighted by Gasteiger charge is -2.05. The Balaban J connectivity index is 2.44. The number of benzene rings is 1. The van der Waals surface area contributed by atoms with Crippen molar-refractivity contribution in [2.24, 2.45) is 0 Å². The van der Waals surface area contributed by atoms with Gasteiger partial charge in [0.25, 0.3) is 0 Å². The number of nitrogens with zero attached hydrogens (tertiary/aromatic N) is 2. The van der Waals surface area contributed by atoms with E-state index in [1.807, 2.05) is 19.1 Å². The molecule has 0 bridgehead atoms. The number of hydrogen-bond donors (Lipinski definition) is 1. The summed E-state index contributed by atoms with van der Waals surface area (Å²) in [6.07, 6.45) is 0.715. The molecule has 0 saturated heterocycles. The average molecular weight is 248 g/mol. The van der Waals surface area contributed by atoms with Gasteiger partial charge in [0.1, 0.15) is 11.6 Å². The highest BCUT2D eigenvalue weighted by Gasteiger charge is 2.05. The SMILES string of the molecule is Cc1cc(-c2cccc(F)c2)nc(CCS)n1. The first-order valence-corrected chi connectivity index (χ1v) is 6.03. The quantitative estimate of drug-likeness (QED) is 0.845. The van der Waals surface area contributed by atoms with Crippen molar-refractivity contribution in [2.75, 3.05) is 5.75 Å². The predicted octanol–water partition coefficient (Wildman–Crippen LogP) is 3.06. The molecule has 4 heteroatoms. The summed E-state index contributed by atoms with van der Waals surface area (Å²) in [5.41, 5.74) is 2.42. The second kappa shape index (κ2) is 5.27. The van der Waals surface area contributed by atoms with Crippen LogP contribution >= 0.6 is 12.6 Å². The second-order valence-electron chi connectivity index (χ2n) is 3.79. The van der Waals surface area contributed by atoms with Gasteiger partial charge in [-0.25, -0.2) is 14.4 Å². The van der Waals surface area contributed by atoms with Gasteiger partial charge in [-0.1, -0.05) is 12.1 Å². The van der Waals surface area contributed by atoms with Gasteiger partial charge in [-0.3, -0.25) is 0 Å². The van der Waals surface area contributed by atoms with Crippen LogP contribution in [-0.4, -0.2) is 15.7 Å². The van der Waals surface area contributed by atoms with E-state index in [1.165, 1.54) is 12.1 Å². The number of rotatable bonds is 3. The van der Waals surface area contributed by atoms with E-state index in [9.17, 15) is 4.39 Å². The third-order valence-electron chi connectivity index (χ3n) is 2.36. The Morgan fingerprint density at radius 3 is 2.76 bits per heavy atom. The summed E-state index contributed by atoms with van der Waals surface area (Å²) in [5, 5.41) is 0. The third kappa shape index (κ3) is 3.03. The van der Waals surface area contributed by atoms with Crippen LogP contribution in [0.25, 0.3) is 11.3 Å². The summed E-state index contributed by atoms with van der Waals surface area (Å²) in [6.45, 7) is 1.91. The molecule has 2 aromatic rings. The summed E-state index contributed by atoms with van der Waals surface area (Å²) < 4.78 is 13.1. The second-order valence-corrected chi connectivity index (χ2v) is 4.24. The maximum absolute atomic E-state index is 13.1. The van der Waals surface area contributed by atoms with E-state index in [2.05, 4.69) is 22.6 Å². The third-order valence-corrected chi connectivity index (χ3v) is 2.58. The summed E-state index contributed by atoms with van der Waals surface area (Å²) >= 11 is 4.16. The van der Waals surface area contributed by atoms with Crippen molar-refractivity contribution in [2.45, 2.75) is 13.3 Å².